The summed E-state index contributed by atoms with van der Waals surface area (Å²) in [6.45, 7) is 6.69. The molecule has 2 aliphatic rings. The van der Waals surface area contributed by atoms with Gasteiger partial charge in [0.15, 0.2) is 0 Å². The average Bonchev–Trinajstić information content (AvgIpc) is 2.88. The third-order valence-corrected chi connectivity index (χ3v) is 4.40. The van der Waals surface area contributed by atoms with Crippen LogP contribution < -0.4 is 0 Å². The normalized spacial score (nSPS) is 37.2. The fourth-order valence-electron chi connectivity index (χ4n) is 3.39. The van der Waals surface area contributed by atoms with E-state index in [2.05, 4.69) is 18.7 Å². The first kappa shape index (κ1) is 13.8. The van der Waals surface area contributed by atoms with E-state index in [9.17, 15) is 9.90 Å². The molecule has 2 fully saturated rings. The van der Waals surface area contributed by atoms with E-state index in [0.717, 1.165) is 45.2 Å². The Labute approximate surface area is 109 Å². The van der Waals surface area contributed by atoms with E-state index in [1.165, 1.54) is 0 Å². The van der Waals surface area contributed by atoms with Crippen molar-refractivity contribution < 1.29 is 14.6 Å². The molecule has 0 amide bonds. The summed E-state index contributed by atoms with van der Waals surface area (Å²) in [5, 5.41) is 9.46. The lowest BCUT2D eigenvalue weighted by atomic mass is 9.83. The first-order valence-electron chi connectivity index (χ1n) is 7.17. The van der Waals surface area contributed by atoms with Gasteiger partial charge in [0.25, 0.3) is 0 Å². The Morgan fingerprint density at radius 3 is 2.83 bits per heavy atom. The summed E-state index contributed by atoms with van der Waals surface area (Å²) < 4.78 is 5.82. The van der Waals surface area contributed by atoms with Crippen molar-refractivity contribution in [2.24, 2.45) is 5.41 Å². The maximum Gasteiger partial charge on any atom is 0.310 e. The Morgan fingerprint density at radius 2 is 2.28 bits per heavy atom. The van der Waals surface area contributed by atoms with Gasteiger partial charge in [0, 0.05) is 13.1 Å². The molecule has 4 nitrogen and oxygen atoms in total. The minimum Gasteiger partial charge on any atom is -0.481 e. The average molecular weight is 255 g/mol. The number of carboxylic acid groups (broad SMARTS) is 1. The molecule has 3 atom stereocenters. The predicted molar refractivity (Wildman–Crippen MR) is 69.6 cm³/mol. The number of hydrogen-bond donors (Lipinski definition) is 1. The van der Waals surface area contributed by atoms with Gasteiger partial charge in [-0.25, -0.2) is 0 Å². The van der Waals surface area contributed by atoms with Crippen molar-refractivity contribution in [1.82, 2.24) is 4.90 Å². The number of nitrogens with zero attached hydrogens (tertiary/aromatic N) is 1. The molecule has 104 valence electrons. The Morgan fingerprint density at radius 1 is 1.50 bits per heavy atom. The van der Waals surface area contributed by atoms with E-state index in [1.54, 1.807) is 0 Å². The summed E-state index contributed by atoms with van der Waals surface area (Å²) >= 11 is 0. The summed E-state index contributed by atoms with van der Waals surface area (Å²) in [4.78, 5) is 13.8. The van der Waals surface area contributed by atoms with Crippen LogP contribution in [0.2, 0.25) is 0 Å². The van der Waals surface area contributed by atoms with E-state index < -0.39 is 11.4 Å². The van der Waals surface area contributed by atoms with Gasteiger partial charge in [0.05, 0.1) is 17.6 Å². The highest BCUT2D eigenvalue weighted by Crippen LogP contribution is 2.36. The Balaban J connectivity index is 1.88. The highest BCUT2D eigenvalue weighted by Gasteiger charge is 2.44. The van der Waals surface area contributed by atoms with Gasteiger partial charge < -0.3 is 9.84 Å². The molecular formula is C14H25NO3. The molecule has 1 N–H and O–H groups in total. The molecule has 2 rings (SSSR count). The monoisotopic (exact) mass is 255 g/mol. The summed E-state index contributed by atoms with van der Waals surface area (Å²) in [5.41, 5.74) is -0.501. The second-order valence-electron chi connectivity index (χ2n) is 5.97. The second kappa shape index (κ2) is 5.57. The number of hydrogen-bond acceptors (Lipinski definition) is 3. The van der Waals surface area contributed by atoms with Gasteiger partial charge in [-0.2, -0.15) is 0 Å². The number of carbonyl (C=O) groups is 1. The number of likely N-dealkylation sites (tertiary alicyclic amines) is 1. The van der Waals surface area contributed by atoms with Crippen LogP contribution in [-0.2, 0) is 9.53 Å². The van der Waals surface area contributed by atoms with E-state index in [0.29, 0.717) is 18.8 Å². The van der Waals surface area contributed by atoms with Crippen LogP contribution in [-0.4, -0.2) is 47.8 Å². The largest absolute Gasteiger partial charge is 0.481 e. The lowest BCUT2D eigenvalue weighted by Crippen LogP contribution is -2.37. The topological polar surface area (TPSA) is 49.8 Å². The zero-order valence-electron chi connectivity index (χ0n) is 11.5. The lowest BCUT2D eigenvalue weighted by molar-refractivity contribution is -0.148. The zero-order valence-corrected chi connectivity index (χ0v) is 11.5. The first-order chi connectivity index (χ1) is 8.55. The molecule has 18 heavy (non-hydrogen) atoms. The van der Waals surface area contributed by atoms with Crippen LogP contribution in [0.5, 0.6) is 0 Å². The maximum atomic E-state index is 11.5. The molecule has 2 saturated heterocycles. The SMILES string of the molecule is CCCC1(C(=O)O)CCN(CC2CCC(C)O2)C1. The molecule has 0 aromatic carbocycles. The number of ether oxygens (including phenoxy) is 1. The van der Waals surface area contributed by atoms with Crippen molar-refractivity contribution in [3.05, 3.63) is 0 Å². The molecule has 0 bridgehead atoms. The van der Waals surface area contributed by atoms with Gasteiger partial charge in [0.1, 0.15) is 0 Å². The van der Waals surface area contributed by atoms with Crippen LogP contribution in [0.1, 0.15) is 46.0 Å². The van der Waals surface area contributed by atoms with Crippen molar-refractivity contribution in [2.75, 3.05) is 19.6 Å². The van der Waals surface area contributed by atoms with Crippen molar-refractivity contribution in [3.8, 4) is 0 Å². The van der Waals surface area contributed by atoms with Gasteiger partial charge in [-0.05, 0) is 39.2 Å². The molecular weight excluding hydrogens is 230 g/mol. The van der Waals surface area contributed by atoms with E-state index in [4.69, 9.17) is 4.74 Å². The van der Waals surface area contributed by atoms with Crippen molar-refractivity contribution in [2.45, 2.75) is 58.2 Å². The summed E-state index contributed by atoms with van der Waals surface area (Å²) in [5.74, 6) is -0.618. The smallest absolute Gasteiger partial charge is 0.310 e. The lowest BCUT2D eigenvalue weighted by Gasteiger charge is -2.25. The maximum absolute atomic E-state index is 11.5. The van der Waals surface area contributed by atoms with Crippen LogP contribution in [0.3, 0.4) is 0 Å². The molecule has 3 unspecified atom stereocenters. The highest BCUT2D eigenvalue weighted by atomic mass is 16.5. The molecule has 0 aromatic rings. The Bertz CT molecular complexity index is 307. The molecule has 2 aliphatic heterocycles. The van der Waals surface area contributed by atoms with E-state index in [-0.39, 0.29) is 0 Å². The van der Waals surface area contributed by atoms with Crippen molar-refractivity contribution >= 4 is 5.97 Å². The van der Waals surface area contributed by atoms with Crippen LogP contribution in [0.4, 0.5) is 0 Å². The van der Waals surface area contributed by atoms with Gasteiger partial charge in [0.2, 0.25) is 0 Å². The molecule has 0 aromatic heterocycles. The molecule has 0 spiro atoms. The predicted octanol–water partition coefficient (Wildman–Crippen LogP) is 2.13. The first-order valence-corrected chi connectivity index (χ1v) is 7.17. The summed E-state index contributed by atoms with van der Waals surface area (Å²) in [7, 11) is 0. The van der Waals surface area contributed by atoms with Crippen molar-refractivity contribution in [1.29, 1.82) is 0 Å². The molecule has 4 heteroatoms. The van der Waals surface area contributed by atoms with Gasteiger partial charge in [-0.1, -0.05) is 13.3 Å². The van der Waals surface area contributed by atoms with Crippen LogP contribution in [0, 0.1) is 5.41 Å². The van der Waals surface area contributed by atoms with Gasteiger partial charge in [-0.15, -0.1) is 0 Å². The van der Waals surface area contributed by atoms with Crippen molar-refractivity contribution in [3.63, 3.8) is 0 Å². The Kier molecular flexibility index (Phi) is 4.28. The van der Waals surface area contributed by atoms with Gasteiger partial charge in [-0.3, -0.25) is 9.69 Å². The van der Waals surface area contributed by atoms with Crippen LogP contribution >= 0.6 is 0 Å². The van der Waals surface area contributed by atoms with E-state index in [1.807, 2.05) is 0 Å². The standard InChI is InChI=1S/C14H25NO3/c1-3-6-14(13(16)17)7-8-15(10-14)9-12-5-4-11(2)18-12/h11-12H,3-10H2,1-2H3,(H,16,17). The van der Waals surface area contributed by atoms with Crippen LogP contribution in [0.15, 0.2) is 0 Å². The highest BCUT2D eigenvalue weighted by molar-refractivity contribution is 5.75. The fraction of sp³-hybridized carbons (Fsp3) is 0.929. The third-order valence-electron chi connectivity index (χ3n) is 4.40. The third kappa shape index (κ3) is 2.86. The Hall–Kier alpha value is -0.610. The molecule has 2 heterocycles. The molecule has 0 aliphatic carbocycles. The molecule has 0 saturated carbocycles. The minimum atomic E-state index is -0.618. The second-order valence-corrected chi connectivity index (χ2v) is 5.97. The minimum absolute atomic E-state index is 0.311. The number of carboxylic acids is 1. The zero-order chi connectivity index (χ0) is 13.2. The molecule has 0 radical (unpaired) electrons. The van der Waals surface area contributed by atoms with Crippen LogP contribution in [0.25, 0.3) is 0 Å². The summed E-state index contributed by atoms with van der Waals surface area (Å²) in [6.07, 6.45) is 5.46. The van der Waals surface area contributed by atoms with Gasteiger partial charge >= 0.3 is 5.97 Å². The van der Waals surface area contributed by atoms with E-state index >= 15 is 0 Å². The number of aliphatic carboxylic acids is 1. The quantitative estimate of drug-likeness (QED) is 0.817. The summed E-state index contributed by atoms with van der Waals surface area (Å²) in [6, 6.07) is 0. The number of rotatable bonds is 5. The fourth-order valence-corrected chi connectivity index (χ4v) is 3.39.